The smallest absolute Gasteiger partial charge is 0.228 e. The zero-order valence-electron chi connectivity index (χ0n) is 21.2. The lowest BCUT2D eigenvalue weighted by molar-refractivity contribution is 0.465. The Bertz CT molecular complexity index is 1580. The molecule has 0 spiro atoms. The summed E-state index contributed by atoms with van der Waals surface area (Å²) in [6, 6.07) is 15.6. The SMILES string of the molecule is CNc1nccc(-c2cccnc2Oc2ccc(Nc3nnc(-c4cc(C)cs4)c4c3CCCC4)cc2)n1. The predicted molar refractivity (Wildman–Crippen MR) is 151 cm³/mol. The molecule has 1 aliphatic rings. The minimum Gasteiger partial charge on any atom is -0.438 e. The van der Waals surface area contributed by atoms with Crippen molar-refractivity contribution in [1.29, 1.82) is 0 Å². The van der Waals surface area contributed by atoms with Gasteiger partial charge >= 0.3 is 0 Å². The summed E-state index contributed by atoms with van der Waals surface area (Å²) >= 11 is 1.74. The maximum atomic E-state index is 6.15. The summed E-state index contributed by atoms with van der Waals surface area (Å²) < 4.78 is 6.15. The van der Waals surface area contributed by atoms with Gasteiger partial charge in [-0.3, -0.25) is 0 Å². The van der Waals surface area contributed by atoms with Gasteiger partial charge < -0.3 is 15.4 Å². The molecule has 2 N–H and O–H groups in total. The third-order valence-corrected chi connectivity index (χ3v) is 7.57. The monoisotopic (exact) mass is 521 g/mol. The first-order chi connectivity index (χ1) is 18.7. The van der Waals surface area contributed by atoms with Gasteiger partial charge in [0.05, 0.1) is 16.1 Å². The van der Waals surface area contributed by atoms with Crippen LogP contribution in [0.15, 0.2) is 66.3 Å². The van der Waals surface area contributed by atoms with E-state index in [0.29, 0.717) is 17.6 Å². The van der Waals surface area contributed by atoms with E-state index < -0.39 is 0 Å². The molecule has 190 valence electrons. The molecule has 4 heterocycles. The zero-order valence-corrected chi connectivity index (χ0v) is 22.0. The lowest BCUT2D eigenvalue weighted by Gasteiger charge is -2.21. The molecule has 0 radical (unpaired) electrons. The van der Waals surface area contributed by atoms with Crippen LogP contribution in [0.4, 0.5) is 17.5 Å². The molecule has 8 nitrogen and oxygen atoms in total. The second kappa shape index (κ2) is 10.5. The zero-order chi connectivity index (χ0) is 25.9. The maximum absolute atomic E-state index is 6.15. The van der Waals surface area contributed by atoms with Crippen molar-refractivity contribution >= 4 is 28.8 Å². The highest BCUT2D eigenvalue weighted by Gasteiger charge is 2.21. The van der Waals surface area contributed by atoms with Crippen LogP contribution in [-0.2, 0) is 12.8 Å². The van der Waals surface area contributed by atoms with E-state index in [-0.39, 0.29) is 0 Å². The average molecular weight is 522 g/mol. The van der Waals surface area contributed by atoms with Crippen molar-refractivity contribution < 1.29 is 4.74 Å². The Morgan fingerprint density at radius 1 is 0.921 bits per heavy atom. The first-order valence-corrected chi connectivity index (χ1v) is 13.5. The van der Waals surface area contributed by atoms with E-state index in [4.69, 9.17) is 4.74 Å². The van der Waals surface area contributed by atoms with Crippen LogP contribution in [0, 0.1) is 6.92 Å². The van der Waals surface area contributed by atoms with Crippen molar-refractivity contribution in [3.05, 3.63) is 83.0 Å². The lowest BCUT2D eigenvalue weighted by atomic mass is 9.90. The summed E-state index contributed by atoms with van der Waals surface area (Å²) in [5.74, 6) is 2.53. The van der Waals surface area contributed by atoms with Crippen LogP contribution < -0.4 is 15.4 Å². The minimum absolute atomic E-state index is 0.480. The lowest BCUT2D eigenvalue weighted by Crippen LogP contribution is -2.11. The number of nitrogens with zero attached hydrogens (tertiary/aromatic N) is 5. The van der Waals surface area contributed by atoms with Gasteiger partial charge in [-0.15, -0.1) is 21.5 Å². The van der Waals surface area contributed by atoms with Crippen molar-refractivity contribution in [3.63, 3.8) is 0 Å². The second-order valence-electron chi connectivity index (χ2n) is 9.17. The number of hydrogen-bond acceptors (Lipinski definition) is 9. The minimum atomic E-state index is 0.480. The Balaban J connectivity index is 1.23. The van der Waals surface area contributed by atoms with Crippen molar-refractivity contribution in [1.82, 2.24) is 25.1 Å². The van der Waals surface area contributed by atoms with Crippen molar-refractivity contribution in [2.75, 3.05) is 17.7 Å². The number of anilines is 3. The molecule has 1 aliphatic carbocycles. The number of pyridine rings is 1. The Morgan fingerprint density at radius 2 is 1.76 bits per heavy atom. The number of aryl methyl sites for hydroxylation is 1. The summed E-state index contributed by atoms with van der Waals surface area (Å²) in [7, 11) is 1.79. The average Bonchev–Trinajstić information content (AvgIpc) is 3.40. The molecule has 0 bridgehead atoms. The van der Waals surface area contributed by atoms with Crippen molar-refractivity contribution in [3.8, 4) is 33.5 Å². The Kier molecular flexibility index (Phi) is 6.66. The highest BCUT2D eigenvalue weighted by Crippen LogP contribution is 2.37. The molecule has 0 fully saturated rings. The van der Waals surface area contributed by atoms with E-state index in [9.17, 15) is 0 Å². The fourth-order valence-corrected chi connectivity index (χ4v) is 5.56. The topological polar surface area (TPSA) is 97.7 Å². The first-order valence-electron chi connectivity index (χ1n) is 12.6. The molecule has 0 unspecified atom stereocenters. The number of thiophene rings is 1. The summed E-state index contributed by atoms with van der Waals surface area (Å²) in [6.45, 7) is 2.12. The second-order valence-corrected chi connectivity index (χ2v) is 10.1. The largest absolute Gasteiger partial charge is 0.438 e. The number of aromatic nitrogens is 5. The molecule has 0 saturated heterocycles. The molecular formula is C29H27N7OS. The van der Waals surface area contributed by atoms with E-state index in [1.807, 2.05) is 42.5 Å². The standard InChI is InChI=1S/C29H27N7OS/c1-18-16-25(38-17-18)26-21-6-3-4-7-22(21)27(36-35-26)33-19-9-11-20(12-10-19)37-28-23(8-5-14-31-28)24-13-15-32-29(30-2)34-24/h5,8-17H,3-4,6-7H2,1-2H3,(H,33,36)(H,30,32,34). The van der Waals surface area contributed by atoms with Gasteiger partial charge in [0, 0.05) is 30.7 Å². The Labute approximate surface area is 225 Å². The third kappa shape index (κ3) is 4.92. The Hall–Kier alpha value is -4.37. The van der Waals surface area contributed by atoms with E-state index in [0.717, 1.165) is 47.7 Å². The molecule has 6 rings (SSSR count). The fourth-order valence-electron chi connectivity index (χ4n) is 4.65. The number of fused-ring (bicyclic) bond motifs is 1. The molecule has 1 aromatic carbocycles. The normalized spacial score (nSPS) is 12.6. The Morgan fingerprint density at radius 3 is 2.55 bits per heavy atom. The molecule has 9 heteroatoms. The number of rotatable bonds is 7. The molecule has 4 aromatic heterocycles. The van der Waals surface area contributed by atoms with Crippen molar-refractivity contribution in [2.45, 2.75) is 32.6 Å². The van der Waals surface area contributed by atoms with Gasteiger partial charge in [0.2, 0.25) is 11.8 Å². The number of benzene rings is 1. The van der Waals surface area contributed by atoms with Crippen molar-refractivity contribution in [2.24, 2.45) is 0 Å². The summed E-state index contributed by atoms with van der Waals surface area (Å²) in [5, 5.41) is 17.9. The van der Waals surface area contributed by atoms with Gasteiger partial charge in [0.15, 0.2) is 5.82 Å². The number of ether oxygens (including phenoxy) is 1. The maximum Gasteiger partial charge on any atom is 0.228 e. The van der Waals surface area contributed by atoms with Gasteiger partial charge in [0.1, 0.15) is 11.4 Å². The molecule has 0 amide bonds. The summed E-state index contributed by atoms with van der Waals surface area (Å²) in [5.41, 5.74) is 7.34. The molecule has 0 atom stereocenters. The highest BCUT2D eigenvalue weighted by molar-refractivity contribution is 7.13. The van der Waals surface area contributed by atoms with E-state index in [2.05, 4.69) is 54.2 Å². The van der Waals surface area contributed by atoms with E-state index in [1.54, 1.807) is 30.8 Å². The van der Waals surface area contributed by atoms with E-state index >= 15 is 0 Å². The quantitative estimate of drug-likeness (QED) is 0.241. The molecule has 0 aliphatic heterocycles. The van der Waals surface area contributed by atoms with Crippen LogP contribution in [0.1, 0.15) is 29.5 Å². The van der Waals surface area contributed by atoms with Gasteiger partial charge in [-0.25, -0.2) is 15.0 Å². The summed E-state index contributed by atoms with van der Waals surface area (Å²) in [6.07, 6.45) is 7.80. The van der Waals surface area contributed by atoms with Crippen LogP contribution >= 0.6 is 11.3 Å². The van der Waals surface area contributed by atoms with Gasteiger partial charge in [0.25, 0.3) is 0 Å². The van der Waals surface area contributed by atoms with Gasteiger partial charge in [-0.2, -0.15) is 0 Å². The summed E-state index contributed by atoms with van der Waals surface area (Å²) in [4.78, 5) is 14.3. The van der Waals surface area contributed by atoms with Crippen LogP contribution in [0.3, 0.4) is 0 Å². The van der Waals surface area contributed by atoms with Crippen LogP contribution in [-0.4, -0.2) is 32.2 Å². The van der Waals surface area contributed by atoms with Gasteiger partial charge in [-0.05, 0) is 97.6 Å². The molecular weight excluding hydrogens is 494 g/mol. The number of hydrogen-bond donors (Lipinski definition) is 2. The van der Waals surface area contributed by atoms with E-state index in [1.165, 1.54) is 28.0 Å². The van der Waals surface area contributed by atoms with Gasteiger partial charge in [-0.1, -0.05) is 0 Å². The highest BCUT2D eigenvalue weighted by atomic mass is 32.1. The fraction of sp³-hybridized carbons (Fsp3) is 0.207. The first kappa shape index (κ1) is 24.0. The third-order valence-electron chi connectivity index (χ3n) is 6.51. The molecule has 38 heavy (non-hydrogen) atoms. The van der Waals surface area contributed by atoms with Crippen LogP contribution in [0.2, 0.25) is 0 Å². The number of nitrogens with one attached hydrogen (secondary N) is 2. The molecule has 5 aromatic rings. The van der Waals surface area contributed by atoms with Crippen LogP contribution in [0.25, 0.3) is 21.8 Å². The molecule has 0 saturated carbocycles. The predicted octanol–water partition coefficient (Wildman–Crippen LogP) is 6.82. The van der Waals surface area contributed by atoms with Crippen LogP contribution in [0.5, 0.6) is 11.6 Å².